The van der Waals surface area contributed by atoms with E-state index in [1.165, 1.54) is 18.2 Å². The first-order chi connectivity index (χ1) is 11.4. The average Bonchev–Trinajstić information content (AvgIpc) is 2.59. The molecule has 1 atom stereocenters. The molecular weight excluding hydrogens is 317 g/mol. The summed E-state index contributed by atoms with van der Waals surface area (Å²) in [5.41, 5.74) is -0.413. The Hall–Kier alpha value is -3.07. The number of hydrogen-bond acceptors (Lipinski definition) is 2. The van der Waals surface area contributed by atoms with Gasteiger partial charge in [0.15, 0.2) is 0 Å². The quantitative estimate of drug-likeness (QED) is 0.784. The molecule has 1 unspecified atom stereocenters. The van der Waals surface area contributed by atoms with Crippen molar-refractivity contribution < 1.29 is 18.0 Å². The molecule has 1 amide bonds. The third-order valence-corrected chi connectivity index (χ3v) is 3.75. The maximum Gasteiger partial charge on any atom is 0.417 e. The second kappa shape index (κ2) is 5.85. The molecule has 2 aromatic rings. The Bertz CT molecular complexity index is 865. The van der Waals surface area contributed by atoms with Crippen molar-refractivity contribution in [3.63, 3.8) is 0 Å². The van der Waals surface area contributed by atoms with Gasteiger partial charge in [0.2, 0.25) is 0 Å². The van der Waals surface area contributed by atoms with Gasteiger partial charge in [-0.15, -0.1) is 0 Å². The van der Waals surface area contributed by atoms with Crippen molar-refractivity contribution in [1.29, 1.82) is 5.26 Å². The van der Waals surface area contributed by atoms with E-state index >= 15 is 0 Å². The normalized spacial score (nSPS) is 16.4. The van der Waals surface area contributed by atoms with Gasteiger partial charge < -0.3 is 0 Å². The Morgan fingerprint density at radius 1 is 1.08 bits per heavy atom. The van der Waals surface area contributed by atoms with Gasteiger partial charge in [-0.25, -0.2) is 0 Å². The number of nitrogens with zero attached hydrogens (tertiary/aromatic N) is 2. The molecule has 0 saturated carbocycles. The van der Waals surface area contributed by atoms with E-state index < -0.39 is 29.3 Å². The number of benzene rings is 2. The molecule has 1 heterocycles. The Morgan fingerprint density at radius 3 is 2.46 bits per heavy atom. The van der Waals surface area contributed by atoms with Crippen molar-refractivity contribution in [2.45, 2.75) is 12.2 Å². The maximum absolute atomic E-state index is 13.2. The van der Waals surface area contributed by atoms with Gasteiger partial charge in [-0.1, -0.05) is 36.4 Å². The summed E-state index contributed by atoms with van der Waals surface area (Å²) >= 11 is 0. The van der Waals surface area contributed by atoms with Crippen LogP contribution in [-0.4, -0.2) is 11.9 Å². The van der Waals surface area contributed by atoms with Crippen molar-refractivity contribution in [2.24, 2.45) is 0 Å². The molecule has 0 radical (unpaired) electrons. The van der Waals surface area contributed by atoms with Crippen LogP contribution < -0.4 is 4.90 Å². The number of alkyl halides is 3. The minimum Gasteiger partial charge on any atom is -0.288 e. The second-order valence-corrected chi connectivity index (χ2v) is 5.21. The van der Waals surface area contributed by atoms with Gasteiger partial charge in [0.1, 0.15) is 6.04 Å². The average molecular weight is 328 g/mol. The standard InChI is InChI=1S/C18H11F3N2O/c19-18(20,21)15-7-3-2-6-14(15)17(24)23-13(11-22)10-9-12-5-1-4-8-16(12)23/h1-10,13H. The van der Waals surface area contributed by atoms with Crippen molar-refractivity contribution >= 4 is 17.7 Å². The third kappa shape index (κ3) is 2.65. The fraction of sp³-hybridized carbons (Fsp3) is 0.111. The molecule has 0 saturated heterocycles. The number of rotatable bonds is 1. The third-order valence-electron chi connectivity index (χ3n) is 3.75. The Balaban J connectivity index is 2.14. The highest BCUT2D eigenvalue weighted by Crippen LogP contribution is 2.35. The van der Waals surface area contributed by atoms with E-state index in [1.807, 2.05) is 6.07 Å². The molecule has 2 aromatic carbocycles. The van der Waals surface area contributed by atoms with Gasteiger partial charge in [0, 0.05) is 0 Å². The van der Waals surface area contributed by atoms with E-state index in [4.69, 9.17) is 0 Å². The van der Waals surface area contributed by atoms with E-state index in [9.17, 15) is 23.2 Å². The number of carbonyl (C=O) groups is 1. The lowest BCUT2D eigenvalue weighted by Gasteiger charge is -2.30. The highest BCUT2D eigenvalue weighted by molar-refractivity contribution is 6.09. The van der Waals surface area contributed by atoms with Crippen LogP contribution in [0.3, 0.4) is 0 Å². The Morgan fingerprint density at radius 2 is 1.75 bits per heavy atom. The zero-order chi connectivity index (χ0) is 17.3. The van der Waals surface area contributed by atoms with Gasteiger partial charge in [0.25, 0.3) is 5.91 Å². The first kappa shape index (κ1) is 15.8. The summed E-state index contributed by atoms with van der Waals surface area (Å²) in [6, 6.07) is 12.3. The second-order valence-electron chi connectivity index (χ2n) is 5.21. The summed E-state index contributed by atoms with van der Waals surface area (Å²) in [5.74, 6) is -0.855. The van der Waals surface area contributed by atoms with Gasteiger partial charge in [-0.2, -0.15) is 18.4 Å². The van der Waals surface area contributed by atoms with E-state index in [0.717, 1.165) is 17.0 Å². The van der Waals surface area contributed by atoms with Crippen molar-refractivity contribution in [1.82, 2.24) is 0 Å². The Kier molecular flexibility index (Phi) is 3.86. The number of fused-ring (bicyclic) bond motifs is 1. The molecule has 0 N–H and O–H groups in total. The van der Waals surface area contributed by atoms with Gasteiger partial charge in [0.05, 0.1) is 22.9 Å². The fourth-order valence-corrected chi connectivity index (χ4v) is 2.66. The van der Waals surface area contributed by atoms with E-state index in [1.54, 1.807) is 30.3 Å². The van der Waals surface area contributed by atoms with Crippen LogP contribution in [0.5, 0.6) is 0 Å². The van der Waals surface area contributed by atoms with Gasteiger partial charge in [-0.05, 0) is 29.8 Å². The first-order valence-corrected chi connectivity index (χ1v) is 7.10. The molecule has 0 aromatic heterocycles. The monoisotopic (exact) mass is 328 g/mol. The molecule has 24 heavy (non-hydrogen) atoms. The Labute approximate surface area is 136 Å². The number of hydrogen-bond donors (Lipinski definition) is 0. The van der Waals surface area contributed by atoms with Crippen molar-refractivity contribution in [3.05, 3.63) is 71.3 Å². The van der Waals surface area contributed by atoms with Crippen LogP contribution in [0.2, 0.25) is 0 Å². The smallest absolute Gasteiger partial charge is 0.288 e. The molecule has 3 nitrogen and oxygen atoms in total. The minimum atomic E-state index is -4.65. The van der Waals surface area contributed by atoms with Crippen LogP contribution in [0.1, 0.15) is 21.5 Å². The topological polar surface area (TPSA) is 44.1 Å². The SMILES string of the molecule is N#CC1C=Cc2ccccc2N1C(=O)c1ccccc1C(F)(F)F. The van der Waals surface area contributed by atoms with Crippen LogP contribution in [0.25, 0.3) is 6.08 Å². The molecule has 6 heteroatoms. The number of amides is 1. The van der Waals surface area contributed by atoms with Crippen LogP contribution in [0.15, 0.2) is 54.6 Å². The molecular formula is C18H11F3N2O. The maximum atomic E-state index is 13.2. The molecule has 0 bridgehead atoms. The number of carbonyl (C=O) groups excluding carboxylic acids is 1. The summed E-state index contributed by atoms with van der Waals surface area (Å²) < 4.78 is 39.6. The largest absolute Gasteiger partial charge is 0.417 e. The highest BCUT2D eigenvalue weighted by atomic mass is 19.4. The summed E-state index contributed by atoms with van der Waals surface area (Å²) in [6.07, 6.45) is -1.47. The first-order valence-electron chi connectivity index (χ1n) is 7.10. The van der Waals surface area contributed by atoms with Crippen molar-refractivity contribution in [2.75, 3.05) is 4.90 Å². The molecule has 1 aliphatic heterocycles. The molecule has 0 aliphatic carbocycles. The molecule has 120 valence electrons. The summed E-state index contributed by atoms with van der Waals surface area (Å²) in [5, 5.41) is 9.29. The van der Waals surface area contributed by atoms with Gasteiger partial charge in [-0.3, -0.25) is 9.69 Å². The van der Waals surface area contributed by atoms with E-state index in [0.29, 0.717) is 11.3 Å². The minimum absolute atomic E-state index is 0.411. The molecule has 0 spiro atoms. The lowest BCUT2D eigenvalue weighted by atomic mass is 10.00. The number of halogens is 3. The molecule has 0 fully saturated rings. The van der Waals surface area contributed by atoms with Crippen LogP contribution in [0.4, 0.5) is 18.9 Å². The van der Waals surface area contributed by atoms with Crippen molar-refractivity contribution in [3.8, 4) is 6.07 Å². The molecule has 1 aliphatic rings. The summed E-state index contributed by atoms with van der Waals surface area (Å²) in [7, 11) is 0. The zero-order valence-corrected chi connectivity index (χ0v) is 12.3. The number of para-hydroxylation sites is 1. The van der Waals surface area contributed by atoms with E-state index in [2.05, 4.69) is 0 Å². The predicted molar refractivity (Wildman–Crippen MR) is 83.1 cm³/mol. The lowest BCUT2D eigenvalue weighted by Crippen LogP contribution is -2.41. The molecule has 3 rings (SSSR count). The summed E-state index contributed by atoms with van der Waals surface area (Å²) in [6.45, 7) is 0. The predicted octanol–water partition coefficient (Wildman–Crippen LogP) is 4.27. The lowest BCUT2D eigenvalue weighted by molar-refractivity contribution is -0.137. The zero-order valence-electron chi connectivity index (χ0n) is 12.3. The fourth-order valence-electron chi connectivity index (χ4n) is 2.66. The summed E-state index contributed by atoms with van der Waals surface area (Å²) in [4.78, 5) is 13.9. The highest BCUT2D eigenvalue weighted by Gasteiger charge is 2.38. The number of anilines is 1. The van der Waals surface area contributed by atoms with Crippen LogP contribution in [0, 0.1) is 11.3 Å². The number of nitriles is 1. The van der Waals surface area contributed by atoms with E-state index in [-0.39, 0.29) is 0 Å². The van der Waals surface area contributed by atoms with Gasteiger partial charge >= 0.3 is 6.18 Å². The van der Waals surface area contributed by atoms with Crippen LogP contribution in [-0.2, 0) is 6.18 Å². The van der Waals surface area contributed by atoms with Crippen LogP contribution >= 0.6 is 0 Å².